The lowest BCUT2D eigenvalue weighted by molar-refractivity contribution is -0.136. The fourth-order valence-corrected chi connectivity index (χ4v) is 2.76. The molecular weight excluding hydrogens is 270 g/mol. The fraction of sp³-hybridized carbons (Fsp3) is 0.867. The number of carbonyl (C=O) groups is 2. The Morgan fingerprint density at radius 2 is 1.71 bits per heavy atom. The third kappa shape index (κ3) is 7.32. The molecule has 3 N–H and O–H groups in total. The molecule has 0 radical (unpaired) electrons. The van der Waals surface area contributed by atoms with Crippen LogP contribution in [0.1, 0.15) is 46.0 Å². The van der Waals surface area contributed by atoms with Gasteiger partial charge in [0.05, 0.1) is 6.42 Å². The molecule has 2 amide bonds. The van der Waals surface area contributed by atoms with Gasteiger partial charge < -0.3 is 15.7 Å². The molecule has 1 aliphatic heterocycles. The van der Waals surface area contributed by atoms with E-state index in [0.717, 1.165) is 13.1 Å². The molecule has 21 heavy (non-hydrogen) atoms. The molecule has 0 aromatic rings. The molecule has 6 heteroatoms. The maximum Gasteiger partial charge on any atom is 0.314 e. The Bertz CT molecular complexity index is 326. The van der Waals surface area contributed by atoms with Crippen LogP contribution in [0.2, 0.25) is 0 Å². The normalized spacial score (nSPS) is 18.0. The average Bonchev–Trinajstić information content (AvgIpc) is 2.67. The van der Waals surface area contributed by atoms with Crippen molar-refractivity contribution in [3.63, 3.8) is 0 Å². The number of hydrogen-bond donors (Lipinski definition) is 3. The smallest absolute Gasteiger partial charge is 0.314 e. The first-order valence-electron chi connectivity index (χ1n) is 7.98. The zero-order chi connectivity index (χ0) is 15.7. The molecule has 6 nitrogen and oxygen atoms in total. The van der Waals surface area contributed by atoms with Crippen molar-refractivity contribution in [2.45, 2.75) is 52.0 Å². The van der Waals surface area contributed by atoms with Crippen molar-refractivity contribution in [3.05, 3.63) is 0 Å². The molecule has 0 aliphatic carbocycles. The maximum absolute atomic E-state index is 11.7. The molecular formula is C15H29N3O3. The first-order valence-corrected chi connectivity index (χ1v) is 7.98. The van der Waals surface area contributed by atoms with Crippen LogP contribution >= 0.6 is 0 Å². The summed E-state index contributed by atoms with van der Waals surface area (Å²) in [6.45, 7) is 7.34. The lowest BCUT2D eigenvalue weighted by Crippen LogP contribution is -2.49. The van der Waals surface area contributed by atoms with Gasteiger partial charge in [-0.05, 0) is 31.8 Å². The van der Waals surface area contributed by atoms with Gasteiger partial charge in [0.15, 0.2) is 0 Å². The number of rotatable bonds is 7. The van der Waals surface area contributed by atoms with Gasteiger partial charge >= 0.3 is 12.0 Å². The van der Waals surface area contributed by atoms with Gasteiger partial charge in [0.25, 0.3) is 0 Å². The molecule has 0 bridgehead atoms. The van der Waals surface area contributed by atoms with Gasteiger partial charge in [-0.25, -0.2) is 4.79 Å². The number of nitrogens with one attached hydrogen (secondary N) is 2. The van der Waals surface area contributed by atoms with E-state index in [9.17, 15) is 9.59 Å². The minimum absolute atomic E-state index is 0.0485. The third-order valence-electron chi connectivity index (χ3n) is 3.98. The molecule has 122 valence electrons. The van der Waals surface area contributed by atoms with Crippen LogP contribution < -0.4 is 10.6 Å². The second-order valence-electron chi connectivity index (χ2n) is 6.04. The summed E-state index contributed by atoms with van der Waals surface area (Å²) in [7, 11) is 0. The average molecular weight is 299 g/mol. The van der Waals surface area contributed by atoms with Crippen LogP contribution in [0.5, 0.6) is 0 Å². The van der Waals surface area contributed by atoms with Crippen LogP contribution in [0.3, 0.4) is 0 Å². The Labute approximate surface area is 127 Å². The number of likely N-dealkylation sites (tertiary alicyclic amines) is 1. The largest absolute Gasteiger partial charge is 0.481 e. The molecule has 1 atom stereocenters. The summed E-state index contributed by atoms with van der Waals surface area (Å²) in [6.07, 6.45) is 5.00. The summed E-state index contributed by atoms with van der Waals surface area (Å²) in [6, 6.07) is 0.0602. The third-order valence-corrected chi connectivity index (χ3v) is 3.98. The van der Waals surface area contributed by atoms with Crippen LogP contribution in [0.25, 0.3) is 0 Å². The van der Waals surface area contributed by atoms with Crippen LogP contribution in [0.4, 0.5) is 4.79 Å². The van der Waals surface area contributed by atoms with Crippen molar-refractivity contribution in [1.82, 2.24) is 15.5 Å². The lowest BCUT2D eigenvalue weighted by Gasteiger charge is -2.33. The van der Waals surface area contributed by atoms with Gasteiger partial charge in [-0.1, -0.05) is 26.7 Å². The second-order valence-corrected chi connectivity index (χ2v) is 6.04. The fourth-order valence-electron chi connectivity index (χ4n) is 2.76. The maximum atomic E-state index is 11.7. The molecule has 0 aromatic carbocycles. The monoisotopic (exact) mass is 299 g/mol. The molecule has 1 aliphatic rings. The number of carboxylic acids is 1. The summed E-state index contributed by atoms with van der Waals surface area (Å²) in [5.41, 5.74) is 0. The summed E-state index contributed by atoms with van der Waals surface area (Å²) in [5.74, 6) is -0.428. The quantitative estimate of drug-likeness (QED) is 0.668. The molecule has 1 fully saturated rings. The van der Waals surface area contributed by atoms with Gasteiger partial charge in [0, 0.05) is 19.1 Å². The zero-order valence-corrected chi connectivity index (χ0v) is 13.2. The van der Waals surface area contributed by atoms with Gasteiger partial charge in [-0.3, -0.25) is 9.69 Å². The number of urea groups is 1. The highest BCUT2D eigenvalue weighted by atomic mass is 16.4. The van der Waals surface area contributed by atoms with Crippen LogP contribution in [-0.4, -0.2) is 54.2 Å². The highest BCUT2D eigenvalue weighted by molar-refractivity contribution is 5.74. The number of aliphatic carboxylic acids is 1. The van der Waals surface area contributed by atoms with E-state index in [1.807, 2.05) is 0 Å². The Hall–Kier alpha value is -1.30. The summed E-state index contributed by atoms with van der Waals surface area (Å²) >= 11 is 0. The molecule has 0 saturated carbocycles. The van der Waals surface area contributed by atoms with Crippen molar-refractivity contribution in [2.24, 2.45) is 5.92 Å². The van der Waals surface area contributed by atoms with Crippen molar-refractivity contribution in [3.8, 4) is 0 Å². The predicted octanol–water partition coefficient (Wildman–Crippen LogP) is 1.66. The summed E-state index contributed by atoms with van der Waals surface area (Å²) in [5, 5.41) is 14.0. The number of amides is 2. The number of hydrogen-bond acceptors (Lipinski definition) is 3. The number of nitrogens with zero attached hydrogens (tertiary/aromatic N) is 1. The van der Waals surface area contributed by atoms with Gasteiger partial charge in [0.1, 0.15) is 0 Å². The summed E-state index contributed by atoms with van der Waals surface area (Å²) < 4.78 is 0. The van der Waals surface area contributed by atoms with Crippen molar-refractivity contribution >= 4 is 12.0 Å². The minimum atomic E-state index is -0.903. The highest BCUT2D eigenvalue weighted by Gasteiger charge is 2.23. The van der Waals surface area contributed by atoms with Crippen molar-refractivity contribution < 1.29 is 14.7 Å². The Balaban J connectivity index is 2.36. The van der Waals surface area contributed by atoms with E-state index >= 15 is 0 Å². The van der Waals surface area contributed by atoms with Crippen LogP contribution in [0.15, 0.2) is 0 Å². The molecule has 1 rings (SSSR count). The van der Waals surface area contributed by atoms with Crippen molar-refractivity contribution in [1.29, 1.82) is 0 Å². The van der Waals surface area contributed by atoms with E-state index < -0.39 is 5.97 Å². The topological polar surface area (TPSA) is 81.7 Å². The van der Waals surface area contributed by atoms with Crippen LogP contribution in [0, 0.1) is 5.92 Å². The van der Waals surface area contributed by atoms with Gasteiger partial charge in [0.2, 0.25) is 0 Å². The van der Waals surface area contributed by atoms with E-state index in [4.69, 9.17) is 5.11 Å². The standard InChI is InChI=1S/C15H29N3O3/c1-12(2)13(18-9-5-3-4-6-10-18)11-17-15(21)16-8-7-14(19)20/h12-13H,3-11H2,1-2H3,(H,19,20)(H2,16,17,21). The first kappa shape index (κ1) is 17.8. The Kier molecular flexibility index (Phi) is 8.12. The van der Waals surface area contributed by atoms with E-state index in [0.29, 0.717) is 18.5 Å². The molecule has 0 aromatic heterocycles. The Morgan fingerprint density at radius 3 is 2.24 bits per heavy atom. The molecule has 1 heterocycles. The van der Waals surface area contributed by atoms with Crippen LogP contribution in [-0.2, 0) is 4.79 Å². The lowest BCUT2D eigenvalue weighted by atomic mass is 10.0. The van der Waals surface area contributed by atoms with Gasteiger partial charge in [-0.15, -0.1) is 0 Å². The number of carbonyl (C=O) groups excluding carboxylic acids is 1. The first-order chi connectivity index (χ1) is 10.0. The minimum Gasteiger partial charge on any atom is -0.481 e. The predicted molar refractivity (Wildman–Crippen MR) is 82.3 cm³/mol. The molecule has 1 saturated heterocycles. The van der Waals surface area contributed by atoms with Gasteiger partial charge in [-0.2, -0.15) is 0 Å². The van der Waals surface area contributed by atoms with E-state index in [2.05, 4.69) is 29.4 Å². The highest BCUT2D eigenvalue weighted by Crippen LogP contribution is 2.16. The SMILES string of the molecule is CC(C)C(CNC(=O)NCCC(=O)O)N1CCCCCC1. The molecule has 0 spiro atoms. The van der Waals surface area contributed by atoms with Crippen molar-refractivity contribution in [2.75, 3.05) is 26.2 Å². The molecule has 1 unspecified atom stereocenters. The van der Waals surface area contributed by atoms with E-state index in [1.165, 1.54) is 25.7 Å². The second kappa shape index (κ2) is 9.60. The summed E-state index contributed by atoms with van der Waals surface area (Å²) in [4.78, 5) is 24.5. The van der Waals surface area contributed by atoms with E-state index in [-0.39, 0.29) is 19.0 Å². The Morgan fingerprint density at radius 1 is 1.10 bits per heavy atom. The van der Waals surface area contributed by atoms with E-state index in [1.54, 1.807) is 0 Å². The number of carboxylic acid groups (broad SMARTS) is 1. The zero-order valence-electron chi connectivity index (χ0n) is 13.2.